The number of fused-ring (bicyclic) bond motifs is 1. The number of amides is 1. The first-order chi connectivity index (χ1) is 12.5. The number of carbonyl (C=O) groups excluding carboxylic acids is 1. The van der Waals surface area contributed by atoms with Crippen LogP contribution in [0.1, 0.15) is 23.5 Å². The Labute approximate surface area is 152 Å². The van der Waals surface area contributed by atoms with Gasteiger partial charge in [0.1, 0.15) is 11.6 Å². The van der Waals surface area contributed by atoms with Crippen LogP contribution in [0.25, 0.3) is 0 Å². The summed E-state index contributed by atoms with van der Waals surface area (Å²) in [6.07, 6.45) is 4.35. The summed E-state index contributed by atoms with van der Waals surface area (Å²) in [5, 5.41) is 11.6. The summed E-state index contributed by atoms with van der Waals surface area (Å²) in [6.45, 7) is 2.88. The van der Waals surface area contributed by atoms with Crippen molar-refractivity contribution in [2.75, 3.05) is 13.2 Å². The number of carboxylic acid groups (broad SMARTS) is 1. The molecule has 0 radical (unpaired) electrons. The van der Waals surface area contributed by atoms with Gasteiger partial charge in [0.15, 0.2) is 6.61 Å². The number of rotatable bonds is 7. The molecule has 138 valence electrons. The van der Waals surface area contributed by atoms with E-state index in [9.17, 15) is 9.59 Å². The zero-order valence-corrected chi connectivity index (χ0v) is 14.8. The van der Waals surface area contributed by atoms with Gasteiger partial charge in [-0.3, -0.25) is 4.79 Å². The van der Waals surface area contributed by atoms with Crippen molar-refractivity contribution in [3.63, 3.8) is 0 Å². The fourth-order valence-electron chi connectivity index (χ4n) is 3.18. The lowest BCUT2D eigenvalue weighted by Crippen LogP contribution is -2.37. The van der Waals surface area contributed by atoms with Crippen molar-refractivity contribution in [2.24, 2.45) is 5.92 Å². The molecule has 7 heteroatoms. The van der Waals surface area contributed by atoms with Crippen LogP contribution in [0, 0.1) is 12.8 Å². The Balaban J connectivity index is 1.44. The van der Waals surface area contributed by atoms with Crippen molar-refractivity contribution in [3.05, 3.63) is 47.5 Å². The van der Waals surface area contributed by atoms with Crippen LogP contribution in [0.2, 0.25) is 0 Å². The maximum Gasteiger partial charge on any atom is 0.341 e. The minimum atomic E-state index is -1.00. The second kappa shape index (κ2) is 8.03. The quantitative estimate of drug-likeness (QED) is 0.785. The van der Waals surface area contributed by atoms with Crippen LogP contribution in [-0.2, 0) is 29.0 Å². The third kappa shape index (κ3) is 4.41. The number of imidazole rings is 1. The number of ether oxygens (including phenoxy) is 1. The molecule has 1 aliphatic rings. The number of nitrogens with zero attached hydrogens (tertiary/aromatic N) is 2. The van der Waals surface area contributed by atoms with Gasteiger partial charge >= 0.3 is 5.97 Å². The lowest BCUT2D eigenvalue weighted by Gasteiger charge is -2.24. The summed E-state index contributed by atoms with van der Waals surface area (Å²) >= 11 is 0. The van der Waals surface area contributed by atoms with Crippen LogP contribution in [0.4, 0.5) is 0 Å². The summed E-state index contributed by atoms with van der Waals surface area (Å²) in [6, 6.07) is 7.24. The van der Waals surface area contributed by atoms with Crippen LogP contribution in [0.3, 0.4) is 0 Å². The van der Waals surface area contributed by atoms with Gasteiger partial charge in [0.2, 0.25) is 5.91 Å². The average molecular weight is 357 g/mol. The molecule has 1 aromatic carbocycles. The average Bonchev–Trinajstić information content (AvgIpc) is 3.01. The molecule has 0 fully saturated rings. The van der Waals surface area contributed by atoms with Gasteiger partial charge in [0.05, 0.1) is 5.92 Å². The SMILES string of the molecule is Cc1ncc2n1CC(C(=O)NCCc1ccc(OCC(=O)O)cc1)CC2. The molecule has 0 spiro atoms. The van der Waals surface area contributed by atoms with E-state index >= 15 is 0 Å². The van der Waals surface area contributed by atoms with Gasteiger partial charge in [-0.05, 0) is 43.9 Å². The molecule has 26 heavy (non-hydrogen) atoms. The van der Waals surface area contributed by atoms with Crippen LogP contribution < -0.4 is 10.1 Å². The maximum atomic E-state index is 12.4. The zero-order chi connectivity index (χ0) is 18.5. The van der Waals surface area contributed by atoms with Crippen LogP contribution >= 0.6 is 0 Å². The third-order valence-electron chi connectivity index (χ3n) is 4.66. The van der Waals surface area contributed by atoms with Crippen LogP contribution in [-0.4, -0.2) is 39.7 Å². The Morgan fingerprint density at radius 3 is 2.85 bits per heavy atom. The minimum Gasteiger partial charge on any atom is -0.482 e. The number of hydrogen-bond acceptors (Lipinski definition) is 4. The molecular weight excluding hydrogens is 334 g/mol. The van der Waals surface area contributed by atoms with Gasteiger partial charge in [0.25, 0.3) is 0 Å². The molecule has 2 heterocycles. The predicted octanol–water partition coefficient (Wildman–Crippen LogP) is 1.58. The molecule has 1 aliphatic heterocycles. The molecule has 0 saturated carbocycles. The Bertz CT molecular complexity index is 783. The third-order valence-corrected chi connectivity index (χ3v) is 4.66. The zero-order valence-electron chi connectivity index (χ0n) is 14.8. The van der Waals surface area contributed by atoms with Gasteiger partial charge in [0, 0.05) is 25.0 Å². The normalized spacial score (nSPS) is 16.0. The van der Waals surface area contributed by atoms with E-state index in [0.29, 0.717) is 25.3 Å². The predicted molar refractivity (Wildman–Crippen MR) is 95.1 cm³/mol. The first kappa shape index (κ1) is 18.0. The van der Waals surface area contributed by atoms with E-state index in [1.807, 2.05) is 25.3 Å². The minimum absolute atomic E-state index is 0.0119. The molecule has 1 aromatic heterocycles. The first-order valence-electron chi connectivity index (χ1n) is 8.75. The Hall–Kier alpha value is -2.83. The molecule has 7 nitrogen and oxygen atoms in total. The standard InChI is InChI=1S/C19H23N3O4/c1-13-21-10-16-5-4-15(11-22(13)16)19(25)20-9-8-14-2-6-17(7-3-14)26-12-18(23)24/h2-3,6-7,10,15H,4-5,8-9,11-12H2,1H3,(H,20,25)(H,23,24). The van der Waals surface area contributed by atoms with E-state index in [1.54, 1.807) is 12.1 Å². The number of benzene rings is 1. The first-order valence-corrected chi connectivity index (χ1v) is 8.75. The largest absolute Gasteiger partial charge is 0.482 e. The fourth-order valence-corrected chi connectivity index (χ4v) is 3.18. The number of carboxylic acids is 1. The molecule has 0 saturated heterocycles. The van der Waals surface area contributed by atoms with Gasteiger partial charge in [-0.1, -0.05) is 12.1 Å². The van der Waals surface area contributed by atoms with E-state index in [1.165, 1.54) is 5.69 Å². The highest BCUT2D eigenvalue weighted by molar-refractivity contribution is 5.78. The highest BCUT2D eigenvalue weighted by Gasteiger charge is 2.25. The molecule has 1 unspecified atom stereocenters. The van der Waals surface area contributed by atoms with Crippen molar-refractivity contribution < 1.29 is 19.4 Å². The van der Waals surface area contributed by atoms with E-state index in [0.717, 1.165) is 24.2 Å². The van der Waals surface area contributed by atoms with Crippen molar-refractivity contribution in [2.45, 2.75) is 32.7 Å². The number of aromatic nitrogens is 2. The number of aryl methyl sites for hydroxylation is 2. The molecule has 2 aromatic rings. The van der Waals surface area contributed by atoms with Crippen LogP contribution in [0.15, 0.2) is 30.5 Å². The second-order valence-corrected chi connectivity index (χ2v) is 6.51. The molecule has 1 amide bonds. The summed E-state index contributed by atoms with van der Waals surface area (Å²) in [7, 11) is 0. The van der Waals surface area contributed by atoms with Crippen LogP contribution in [0.5, 0.6) is 5.75 Å². The second-order valence-electron chi connectivity index (χ2n) is 6.51. The van der Waals surface area contributed by atoms with Gasteiger partial charge < -0.3 is 19.7 Å². The molecule has 3 rings (SSSR count). The van der Waals surface area contributed by atoms with E-state index in [-0.39, 0.29) is 18.4 Å². The van der Waals surface area contributed by atoms with Gasteiger partial charge in [-0.25, -0.2) is 9.78 Å². The maximum absolute atomic E-state index is 12.4. The Morgan fingerprint density at radius 1 is 1.35 bits per heavy atom. The topological polar surface area (TPSA) is 93.5 Å². The summed E-state index contributed by atoms with van der Waals surface area (Å²) in [4.78, 5) is 27.2. The van der Waals surface area contributed by atoms with Gasteiger partial charge in [-0.15, -0.1) is 0 Å². The lowest BCUT2D eigenvalue weighted by atomic mass is 9.97. The van der Waals surface area contributed by atoms with Gasteiger partial charge in [-0.2, -0.15) is 0 Å². The monoisotopic (exact) mass is 357 g/mol. The summed E-state index contributed by atoms with van der Waals surface area (Å²) in [5.74, 6) is 0.557. The van der Waals surface area contributed by atoms with Crippen molar-refractivity contribution >= 4 is 11.9 Å². The number of carbonyl (C=O) groups is 2. The molecule has 0 aliphatic carbocycles. The summed E-state index contributed by atoms with van der Waals surface area (Å²) in [5.41, 5.74) is 2.26. The van der Waals surface area contributed by atoms with Crippen molar-refractivity contribution in [3.8, 4) is 5.75 Å². The highest BCUT2D eigenvalue weighted by atomic mass is 16.5. The molecule has 0 bridgehead atoms. The van der Waals surface area contributed by atoms with E-state index < -0.39 is 5.97 Å². The Morgan fingerprint density at radius 2 is 2.12 bits per heavy atom. The number of hydrogen-bond donors (Lipinski definition) is 2. The number of nitrogens with one attached hydrogen (secondary N) is 1. The molecular formula is C19H23N3O4. The van der Waals surface area contributed by atoms with E-state index in [2.05, 4.69) is 14.9 Å². The van der Waals surface area contributed by atoms with Crippen molar-refractivity contribution in [1.82, 2.24) is 14.9 Å². The van der Waals surface area contributed by atoms with Crippen molar-refractivity contribution in [1.29, 1.82) is 0 Å². The van der Waals surface area contributed by atoms with E-state index in [4.69, 9.17) is 9.84 Å². The smallest absolute Gasteiger partial charge is 0.341 e. The lowest BCUT2D eigenvalue weighted by molar-refractivity contribution is -0.139. The number of aliphatic carboxylic acids is 1. The Kier molecular flexibility index (Phi) is 5.55. The fraction of sp³-hybridized carbons (Fsp3) is 0.421. The summed E-state index contributed by atoms with van der Waals surface area (Å²) < 4.78 is 7.23. The molecule has 2 N–H and O–H groups in total. The molecule has 1 atom stereocenters. The highest BCUT2D eigenvalue weighted by Crippen LogP contribution is 2.21.